The van der Waals surface area contributed by atoms with E-state index < -0.39 is 5.97 Å². The van der Waals surface area contributed by atoms with Crippen molar-refractivity contribution in [1.82, 2.24) is 0 Å². The third-order valence-electron chi connectivity index (χ3n) is 6.31. The molecule has 5 nitrogen and oxygen atoms in total. The van der Waals surface area contributed by atoms with E-state index in [2.05, 4.69) is 50.0 Å². The van der Waals surface area contributed by atoms with Crippen molar-refractivity contribution >= 4 is 23.6 Å². The van der Waals surface area contributed by atoms with E-state index in [0.717, 1.165) is 46.5 Å². The number of quaternary nitrogens is 1. The van der Waals surface area contributed by atoms with Gasteiger partial charge in [-0.05, 0) is 49.9 Å². The number of aromatic carboxylic acids is 1. The first kappa shape index (κ1) is 27.5. The molecular weight excluding hydrogens is 436 g/mol. The van der Waals surface area contributed by atoms with Gasteiger partial charge in [0.1, 0.15) is 6.54 Å². The van der Waals surface area contributed by atoms with Gasteiger partial charge in [-0.1, -0.05) is 85.5 Å². The van der Waals surface area contributed by atoms with Crippen LogP contribution < -0.4 is 10.4 Å². The number of likely N-dealkylation sites (N-methyl/N-ethyl adjacent to an activating group) is 1. The van der Waals surface area contributed by atoms with E-state index in [1.165, 1.54) is 17.7 Å². The fourth-order valence-corrected chi connectivity index (χ4v) is 3.95. The average Bonchev–Trinajstić information content (AvgIpc) is 2.87. The number of para-hydroxylation sites is 1. The molecule has 0 aliphatic heterocycles. The summed E-state index contributed by atoms with van der Waals surface area (Å²) < 4.78 is 0.765. The largest absolute Gasteiger partial charge is 0.545 e. The van der Waals surface area contributed by atoms with E-state index in [4.69, 9.17) is 0 Å². The zero-order valence-corrected chi connectivity index (χ0v) is 21.2. The predicted octanol–water partition coefficient (Wildman–Crippen LogP) is 4.99. The third kappa shape index (κ3) is 8.23. The summed E-state index contributed by atoms with van der Waals surface area (Å²) in [5, 5.41) is 13.4. The number of carboxylic acids is 1. The minimum Gasteiger partial charge on any atom is -0.545 e. The maximum Gasteiger partial charge on any atom is 0.279 e. The van der Waals surface area contributed by atoms with Crippen molar-refractivity contribution in [3.05, 3.63) is 107 Å². The monoisotopic (exact) mass is 472 g/mol. The van der Waals surface area contributed by atoms with Gasteiger partial charge in [-0.15, -0.1) is 0 Å². The number of nitrogens with one attached hydrogen (secondary N) is 1. The molecule has 0 bridgehead atoms. The molecule has 184 valence electrons. The van der Waals surface area contributed by atoms with Crippen LogP contribution in [0.15, 0.2) is 79.4 Å². The Morgan fingerprint density at radius 3 is 1.94 bits per heavy atom. The Morgan fingerprint density at radius 2 is 1.46 bits per heavy atom. The maximum absolute atomic E-state index is 12.7. The zero-order valence-electron chi connectivity index (χ0n) is 21.2. The first-order valence-electron chi connectivity index (χ1n) is 11.9. The second-order valence-electron chi connectivity index (χ2n) is 8.70. The number of hydrogen-bond donors (Lipinski definition) is 1. The molecular formula is C30H36N2O3. The summed E-state index contributed by atoms with van der Waals surface area (Å²) in [4.78, 5) is 23.0. The quantitative estimate of drug-likeness (QED) is 0.446. The summed E-state index contributed by atoms with van der Waals surface area (Å²) in [6.45, 7) is 15.2. The van der Waals surface area contributed by atoms with Crippen molar-refractivity contribution in [2.45, 2.75) is 34.2 Å². The molecule has 0 atom stereocenters. The van der Waals surface area contributed by atoms with Crippen LogP contribution in [0.2, 0.25) is 0 Å². The van der Waals surface area contributed by atoms with E-state index in [1.807, 2.05) is 38.1 Å². The number of carboxylic acid groups (broad SMARTS) is 1. The summed E-state index contributed by atoms with van der Waals surface area (Å²) in [5.74, 6) is -1.06. The Kier molecular flexibility index (Phi) is 10.4. The zero-order chi connectivity index (χ0) is 25.8. The molecule has 0 aliphatic rings. The first-order chi connectivity index (χ1) is 16.7. The molecule has 3 rings (SSSR count). The Balaban J connectivity index is 0.000000328. The number of amides is 1. The highest BCUT2D eigenvalue weighted by atomic mass is 16.4. The molecule has 0 aliphatic carbocycles. The average molecular weight is 473 g/mol. The fourth-order valence-electron chi connectivity index (χ4n) is 3.95. The number of aryl methyl sites for hydroxylation is 2. The molecule has 0 aromatic heterocycles. The van der Waals surface area contributed by atoms with Gasteiger partial charge in [-0.25, -0.2) is 0 Å². The van der Waals surface area contributed by atoms with Crippen LogP contribution in [-0.4, -0.2) is 36.0 Å². The van der Waals surface area contributed by atoms with Crippen molar-refractivity contribution in [3.63, 3.8) is 0 Å². The first-order valence-corrected chi connectivity index (χ1v) is 11.9. The second kappa shape index (κ2) is 13.3. The van der Waals surface area contributed by atoms with E-state index in [9.17, 15) is 14.7 Å². The third-order valence-corrected chi connectivity index (χ3v) is 6.31. The highest BCUT2D eigenvalue weighted by molar-refractivity contribution is 5.93. The summed E-state index contributed by atoms with van der Waals surface area (Å²) in [6.07, 6.45) is 1.65. The second-order valence-corrected chi connectivity index (χ2v) is 8.70. The van der Waals surface area contributed by atoms with Gasteiger partial charge in [0.05, 0.1) is 19.1 Å². The fraction of sp³-hybridized carbons (Fsp3) is 0.267. The topological polar surface area (TPSA) is 69.2 Å². The Labute approximate surface area is 209 Å². The summed E-state index contributed by atoms with van der Waals surface area (Å²) >= 11 is 0. The standard InChI is InChI=1S/C21H28N2O.C9H8O2/c1-5-23(6-2,15-19-13-8-7-9-14-19)16-20(24)22-21-17(3)11-10-12-18(21)4;1-2-7-3-5-8(6-4-7)9(10)11/h7-14H,5-6,15-16H2,1-4H3;2-6H,1H2,(H,10,11). The molecule has 0 saturated heterocycles. The molecule has 0 spiro atoms. The van der Waals surface area contributed by atoms with Crippen molar-refractivity contribution in [2.24, 2.45) is 0 Å². The van der Waals surface area contributed by atoms with E-state index in [1.54, 1.807) is 18.2 Å². The van der Waals surface area contributed by atoms with Gasteiger partial charge in [-0.2, -0.15) is 0 Å². The van der Waals surface area contributed by atoms with Crippen LogP contribution in [0.1, 0.15) is 46.5 Å². The number of hydrogen-bond acceptors (Lipinski definition) is 3. The molecule has 1 N–H and O–H groups in total. The molecule has 1 amide bonds. The van der Waals surface area contributed by atoms with Crippen molar-refractivity contribution in [1.29, 1.82) is 0 Å². The van der Waals surface area contributed by atoms with E-state index >= 15 is 0 Å². The molecule has 3 aromatic rings. The highest BCUT2D eigenvalue weighted by Crippen LogP contribution is 2.20. The lowest BCUT2D eigenvalue weighted by molar-refractivity contribution is -0.930. The van der Waals surface area contributed by atoms with Crippen LogP contribution in [0, 0.1) is 13.8 Å². The van der Waals surface area contributed by atoms with Crippen LogP contribution >= 0.6 is 0 Å². The highest BCUT2D eigenvalue weighted by Gasteiger charge is 2.27. The molecule has 3 aromatic carbocycles. The minimum absolute atomic E-state index is 0.0898. The lowest BCUT2D eigenvalue weighted by atomic mass is 10.1. The molecule has 0 fully saturated rings. The van der Waals surface area contributed by atoms with Crippen LogP contribution in [0.25, 0.3) is 6.08 Å². The van der Waals surface area contributed by atoms with Gasteiger partial charge >= 0.3 is 0 Å². The van der Waals surface area contributed by atoms with Gasteiger partial charge in [0.15, 0.2) is 6.54 Å². The molecule has 0 unspecified atom stereocenters. The lowest BCUT2D eigenvalue weighted by Gasteiger charge is -2.36. The Bertz CT molecular complexity index is 1100. The van der Waals surface area contributed by atoms with Crippen LogP contribution in [0.4, 0.5) is 5.69 Å². The van der Waals surface area contributed by atoms with Gasteiger partial charge in [0.2, 0.25) is 0 Å². The number of benzene rings is 3. The van der Waals surface area contributed by atoms with E-state index in [-0.39, 0.29) is 11.5 Å². The Morgan fingerprint density at radius 1 is 0.886 bits per heavy atom. The molecule has 35 heavy (non-hydrogen) atoms. The number of anilines is 1. The maximum atomic E-state index is 12.7. The van der Waals surface area contributed by atoms with Crippen molar-refractivity contribution in [3.8, 4) is 0 Å². The molecule has 5 heteroatoms. The number of carbonyl (C=O) groups is 2. The molecule has 0 saturated carbocycles. The van der Waals surface area contributed by atoms with Crippen molar-refractivity contribution < 1.29 is 19.2 Å². The van der Waals surface area contributed by atoms with Crippen LogP contribution in [-0.2, 0) is 11.3 Å². The minimum atomic E-state index is -1.15. The lowest BCUT2D eigenvalue weighted by Crippen LogP contribution is -2.51. The number of carbonyl (C=O) groups excluding carboxylic acids is 2. The smallest absolute Gasteiger partial charge is 0.279 e. The van der Waals surface area contributed by atoms with Crippen molar-refractivity contribution in [2.75, 3.05) is 25.0 Å². The van der Waals surface area contributed by atoms with Gasteiger partial charge in [-0.3, -0.25) is 4.79 Å². The van der Waals surface area contributed by atoms with Gasteiger partial charge in [0.25, 0.3) is 5.91 Å². The molecule has 0 heterocycles. The molecule has 0 radical (unpaired) electrons. The van der Waals surface area contributed by atoms with Gasteiger partial charge < -0.3 is 19.7 Å². The number of rotatable bonds is 9. The van der Waals surface area contributed by atoms with Crippen LogP contribution in [0.5, 0.6) is 0 Å². The number of nitrogens with zero attached hydrogens (tertiary/aromatic N) is 1. The summed E-state index contributed by atoms with van der Waals surface area (Å²) in [6, 6.07) is 22.9. The normalized spacial score (nSPS) is 10.6. The summed E-state index contributed by atoms with van der Waals surface area (Å²) in [5.41, 5.74) is 5.54. The summed E-state index contributed by atoms with van der Waals surface area (Å²) in [7, 11) is 0. The van der Waals surface area contributed by atoms with Gasteiger partial charge in [0, 0.05) is 11.3 Å². The predicted molar refractivity (Wildman–Crippen MR) is 142 cm³/mol. The van der Waals surface area contributed by atoms with Crippen LogP contribution in [0.3, 0.4) is 0 Å². The van der Waals surface area contributed by atoms with E-state index in [0.29, 0.717) is 6.54 Å². The Hall–Kier alpha value is -3.70. The SMILES string of the molecule is C=Cc1ccc(C(=O)[O-])cc1.CC[N+](CC)(CC(=O)Nc1c(C)cccc1C)Cc1ccccc1.